The summed E-state index contributed by atoms with van der Waals surface area (Å²) in [6.45, 7) is 1.19. The zero-order valence-electron chi connectivity index (χ0n) is 13.3. The van der Waals surface area contributed by atoms with E-state index in [-0.39, 0.29) is 11.8 Å². The molecular formula is C17H18F3N3O. The van der Waals surface area contributed by atoms with E-state index >= 15 is 0 Å². The highest BCUT2D eigenvalue weighted by atomic mass is 19.4. The smallest absolute Gasteiger partial charge is 0.337 e. The molecule has 0 radical (unpaired) electrons. The third-order valence-corrected chi connectivity index (χ3v) is 4.53. The first-order valence-electron chi connectivity index (χ1n) is 7.80. The Kier molecular flexibility index (Phi) is 4.34. The zero-order valence-corrected chi connectivity index (χ0v) is 13.3. The second-order valence-corrected chi connectivity index (χ2v) is 6.03. The van der Waals surface area contributed by atoms with E-state index in [1.165, 1.54) is 0 Å². The van der Waals surface area contributed by atoms with E-state index in [2.05, 4.69) is 5.10 Å². The molecule has 1 aromatic carbocycles. The Labute approximate surface area is 137 Å². The fourth-order valence-corrected chi connectivity index (χ4v) is 3.11. The fraction of sp³-hybridized carbons (Fsp3) is 0.412. The zero-order chi connectivity index (χ0) is 17.3. The van der Waals surface area contributed by atoms with Gasteiger partial charge in [-0.1, -0.05) is 12.1 Å². The van der Waals surface area contributed by atoms with Crippen molar-refractivity contribution in [2.45, 2.75) is 24.9 Å². The van der Waals surface area contributed by atoms with Crippen LogP contribution in [0, 0.1) is 0 Å². The minimum absolute atomic E-state index is 0.0548. The van der Waals surface area contributed by atoms with Crippen LogP contribution in [-0.4, -0.2) is 33.7 Å². The molecule has 0 unspecified atom stereocenters. The number of hydrogen-bond acceptors (Lipinski definition) is 2. The van der Waals surface area contributed by atoms with Crippen LogP contribution in [-0.2, 0) is 13.2 Å². The third kappa shape index (κ3) is 3.29. The van der Waals surface area contributed by atoms with Crippen molar-refractivity contribution in [2.75, 3.05) is 13.1 Å². The summed E-state index contributed by atoms with van der Waals surface area (Å²) in [6.07, 6.45) is -1.23. The predicted octanol–water partition coefficient (Wildman–Crippen LogP) is 3.46. The maximum atomic E-state index is 12.6. The summed E-state index contributed by atoms with van der Waals surface area (Å²) in [7, 11) is 1.72. The minimum Gasteiger partial charge on any atom is -0.337 e. The number of aryl methyl sites for hydroxylation is 1. The number of benzene rings is 1. The standard InChI is InChI=1S/C17H18F3N3O/c1-22-15(6-9-21-22)16(24)23-10-7-13(8-11-23)12-2-4-14(5-3-12)17(18,19)20/h2-6,9,13H,7-8,10-11H2,1H3. The molecule has 2 aromatic rings. The Morgan fingerprint density at radius 2 is 1.75 bits per heavy atom. The van der Waals surface area contributed by atoms with Gasteiger partial charge in [0.05, 0.1) is 5.56 Å². The van der Waals surface area contributed by atoms with Gasteiger partial charge in [-0.2, -0.15) is 18.3 Å². The maximum Gasteiger partial charge on any atom is 0.416 e. The van der Waals surface area contributed by atoms with Crippen LogP contribution in [0.15, 0.2) is 36.5 Å². The molecule has 128 valence electrons. The number of rotatable bonds is 2. The molecule has 1 saturated heterocycles. The van der Waals surface area contributed by atoms with Gasteiger partial charge in [-0.15, -0.1) is 0 Å². The first kappa shape index (κ1) is 16.5. The lowest BCUT2D eigenvalue weighted by Crippen LogP contribution is -2.38. The van der Waals surface area contributed by atoms with Gasteiger partial charge in [0.2, 0.25) is 0 Å². The summed E-state index contributed by atoms with van der Waals surface area (Å²) >= 11 is 0. The molecule has 1 aromatic heterocycles. The number of amides is 1. The van der Waals surface area contributed by atoms with Crippen LogP contribution in [0.1, 0.15) is 40.4 Å². The van der Waals surface area contributed by atoms with Crippen LogP contribution >= 0.6 is 0 Å². The molecule has 3 rings (SSSR count). The molecule has 0 aliphatic carbocycles. The van der Waals surface area contributed by atoms with Crippen LogP contribution in [0.2, 0.25) is 0 Å². The van der Waals surface area contributed by atoms with Crippen LogP contribution in [0.3, 0.4) is 0 Å². The highest BCUT2D eigenvalue weighted by Gasteiger charge is 2.31. The van der Waals surface area contributed by atoms with Crippen molar-refractivity contribution in [1.29, 1.82) is 0 Å². The molecule has 7 heteroatoms. The molecule has 0 bridgehead atoms. The van der Waals surface area contributed by atoms with Crippen LogP contribution in [0.4, 0.5) is 13.2 Å². The molecular weight excluding hydrogens is 319 g/mol. The van der Waals surface area contributed by atoms with E-state index in [0.29, 0.717) is 18.8 Å². The van der Waals surface area contributed by atoms with Gasteiger partial charge in [0.15, 0.2) is 0 Å². The van der Waals surface area contributed by atoms with E-state index < -0.39 is 11.7 Å². The first-order chi connectivity index (χ1) is 11.4. The summed E-state index contributed by atoms with van der Waals surface area (Å²) in [5.41, 5.74) is 0.814. The Hall–Kier alpha value is -2.31. The summed E-state index contributed by atoms with van der Waals surface area (Å²) in [4.78, 5) is 14.2. The molecule has 1 aliphatic heterocycles. The molecule has 2 heterocycles. The number of hydrogen-bond donors (Lipinski definition) is 0. The van der Waals surface area contributed by atoms with E-state index in [0.717, 1.165) is 30.5 Å². The average Bonchev–Trinajstić information content (AvgIpc) is 3.00. The van der Waals surface area contributed by atoms with Crippen molar-refractivity contribution in [3.63, 3.8) is 0 Å². The molecule has 0 saturated carbocycles. The Bertz CT molecular complexity index is 713. The number of carbonyl (C=O) groups excluding carboxylic acids is 1. The Morgan fingerprint density at radius 1 is 1.12 bits per heavy atom. The van der Waals surface area contributed by atoms with Gasteiger partial charge in [-0.3, -0.25) is 9.48 Å². The average molecular weight is 337 g/mol. The molecule has 1 aliphatic rings. The summed E-state index contributed by atoms with van der Waals surface area (Å²) in [6, 6.07) is 7.04. The highest BCUT2D eigenvalue weighted by Crippen LogP contribution is 2.33. The molecule has 4 nitrogen and oxygen atoms in total. The SMILES string of the molecule is Cn1nccc1C(=O)N1CCC(c2ccc(C(F)(F)F)cc2)CC1. The summed E-state index contributed by atoms with van der Waals surface area (Å²) in [5, 5.41) is 4.00. The van der Waals surface area contributed by atoms with Crippen molar-refractivity contribution in [2.24, 2.45) is 7.05 Å². The molecule has 0 atom stereocenters. The lowest BCUT2D eigenvalue weighted by Gasteiger charge is -2.32. The number of likely N-dealkylation sites (tertiary alicyclic amines) is 1. The van der Waals surface area contributed by atoms with Crippen LogP contribution in [0.5, 0.6) is 0 Å². The summed E-state index contributed by atoms with van der Waals surface area (Å²) in [5.74, 6) is 0.128. The van der Waals surface area contributed by atoms with Gasteiger partial charge in [0.1, 0.15) is 5.69 Å². The van der Waals surface area contributed by atoms with E-state index in [1.807, 2.05) is 0 Å². The minimum atomic E-state index is -4.31. The maximum absolute atomic E-state index is 12.6. The summed E-state index contributed by atoms with van der Waals surface area (Å²) < 4.78 is 39.4. The van der Waals surface area contributed by atoms with Crippen LogP contribution in [0.25, 0.3) is 0 Å². The third-order valence-electron chi connectivity index (χ3n) is 4.53. The molecule has 0 N–H and O–H groups in total. The van der Waals surface area contributed by atoms with Crippen molar-refractivity contribution >= 4 is 5.91 Å². The highest BCUT2D eigenvalue weighted by molar-refractivity contribution is 5.92. The second kappa shape index (κ2) is 6.30. The molecule has 1 fully saturated rings. The van der Waals surface area contributed by atoms with Gasteiger partial charge in [-0.25, -0.2) is 0 Å². The normalized spacial score (nSPS) is 16.4. The lowest BCUT2D eigenvalue weighted by atomic mass is 9.89. The van der Waals surface area contributed by atoms with Gasteiger partial charge in [0, 0.05) is 26.3 Å². The Balaban J connectivity index is 1.63. The number of piperidine rings is 1. The van der Waals surface area contributed by atoms with E-state index in [1.54, 1.807) is 41.0 Å². The van der Waals surface area contributed by atoms with Gasteiger partial charge in [0.25, 0.3) is 5.91 Å². The lowest BCUT2D eigenvalue weighted by molar-refractivity contribution is -0.137. The van der Waals surface area contributed by atoms with E-state index in [4.69, 9.17) is 0 Å². The van der Waals surface area contributed by atoms with Crippen molar-refractivity contribution in [3.05, 3.63) is 53.3 Å². The number of aromatic nitrogens is 2. The topological polar surface area (TPSA) is 38.1 Å². The largest absolute Gasteiger partial charge is 0.416 e. The van der Waals surface area contributed by atoms with Gasteiger partial charge < -0.3 is 4.90 Å². The van der Waals surface area contributed by atoms with Gasteiger partial charge >= 0.3 is 6.18 Å². The Morgan fingerprint density at radius 3 is 2.25 bits per heavy atom. The number of carbonyl (C=O) groups is 1. The quantitative estimate of drug-likeness (QED) is 0.842. The number of nitrogens with zero attached hydrogens (tertiary/aromatic N) is 3. The number of halogens is 3. The second-order valence-electron chi connectivity index (χ2n) is 6.03. The molecule has 24 heavy (non-hydrogen) atoms. The first-order valence-corrected chi connectivity index (χ1v) is 7.80. The number of alkyl halides is 3. The molecule has 1 amide bonds. The monoisotopic (exact) mass is 337 g/mol. The fourth-order valence-electron chi connectivity index (χ4n) is 3.11. The van der Waals surface area contributed by atoms with Crippen molar-refractivity contribution < 1.29 is 18.0 Å². The van der Waals surface area contributed by atoms with Gasteiger partial charge in [-0.05, 0) is 42.5 Å². The van der Waals surface area contributed by atoms with Crippen LogP contribution < -0.4 is 0 Å². The van der Waals surface area contributed by atoms with E-state index in [9.17, 15) is 18.0 Å². The molecule has 0 spiro atoms. The van der Waals surface area contributed by atoms with Crippen molar-refractivity contribution in [3.8, 4) is 0 Å². The predicted molar refractivity (Wildman–Crippen MR) is 82.5 cm³/mol. The van der Waals surface area contributed by atoms with Crippen molar-refractivity contribution in [1.82, 2.24) is 14.7 Å².